The molecule has 2 rings (SSSR count). The van der Waals surface area contributed by atoms with Crippen LogP contribution in [0.1, 0.15) is 22.7 Å². The molecule has 0 bridgehead atoms. The first kappa shape index (κ1) is 13.9. The maximum absolute atomic E-state index is 11.6. The zero-order valence-electron chi connectivity index (χ0n) is 10.9. The van der Waals surface area contributed by atoms with Crippen molar-refractivity contribution in [2.24, 2.45) is 0 Å². The molecule has 1 aromatic rings. The van der Waals surface area contributed by atoms with Crippen LogP contribution in [0, 0.1) is 0 Å². The van der Waals surface area contributed by atoms with E-state index in [-0.39, 0.29) is 18.2 Å². The Morgan fingerprint density at radius 2 is 2.25 bits per heavy atom. The van der Waals surface area contributed by atoms with Crippen molar-refractivity contribution in [2.45, 2.75) is 19.0 Å². The number of aromatic carboxylic acids is 1. The van der Waals surface area contributed by atoms with Crippen LogP contribution in [0.5, 0.6) is 0 Å². The molecule has 1 aliphatic rings. The number of nitrogens with one attached hydrogen (secondary N) is 2. The number of carboxylic acid groups (broad SMARTS) is 1. The van der Waals surface area contributed by atoms with Crippen LogP contribution in [0.15, 0.2) is 16.5 Å². The van der Waals surface area contributed by atoms with Crippen molar-refractivity contribution in [3.63, 3.8) is 0 Å². The summed E-state index contributed by atoms with van der Waals surface area (Å²) in [4.78, 5) is 35.4. The molecule has 2 heterocycles. The number of hydrogen-bond donors (Lipinski definition) is 3. The fourth-order valence-corrected chi connectivity index (χ4v) is 1.92. The Balaban J connectivity index is 1.80. The van der Waals surface area contributed by atoms with Gasteiger partial charge in [0.25, 0.3) is 0 Å². The molecule has 1 fully saturated rings. The number of carboxylic acids is 1. The summed E-state index contributed by atoms with van der Waals surface area (Å²) >= 11 is 0. The molecule has 3 N–H and O–H groups in total. The van der Waals surface area contributed by atoms with E-state index in [2.05, 4.69) is 10.6 Å². The highest BCUT2D eigenvalue weighted by Crippen LogP contribution is 2.09. The predicted molar refractivity (Wildman–Crippen MR) is 67.1 cm³/mol. The number of hydrogen-bond acceptors (Lipinski definition) is 4. The molecule has 0 spiro atoms. The van der Waals surface area contributed by atoms with Crippen molar-refractivity contribution in [1.29, 1.82) is 0 Å². The van der Waals surface area contributed by atoms with E-state index in [4.69, 9.17) is 9.52 Å². The molecule has 0 aliphatic carbocycles. The Hall–Kier alpha value is -2.51. The molecule has 1 saturated heterocycles. The number of carbonyl (C=O) groups is 3. The largest absolute Gasteiger partial charge is 0.475 e. The van der Waals surface area contributed by atoms with Crippen LogP contribution in [-0.4, -0.2) is 47.5 Å². The summed E-state index contributed by atoms with van der Waals surface area (Å²) in [5, 5.41) is 13.7. The molecule has 1 aromatic heterocycles. The lowest BCUT2D eigenvalue weighted by Crippen LogP contribution is -2.45. The van der Waals surface area contributed by atoms with E-state index in [0.29, 0.717) is 18.7 Å². The second-order valence-electron chi connectivity index (χ2n) is 4.50. The summed E-state index contributed by atoms with van der Waals surface area (Å²) in [7, 11) is 1.68. The smallest absolute Gasteiger partial charge is 0.371 e. The normalized spacial score (nSPS) is 18.1. The van der Waals surface area contributed by atoms with Gasteiger partial charge in [-0.15, -0.1) is 0 Å². The quantitative estimate of drug-likeness (QED) is 0.719. The summed E-state index contributed by atoms with van der Waals surface area (Å²) in [5.74, 6) is -1.14. The van der Waals surface area contributed by atoms with E-state index in [0.717, 1.165) is 0 Å². The zero-order valence-corrected chi connectivity index (χ0v) is 10.9. The lowest BCUT2D eigenvalue weighted by molar-refractivity contribution is -0.128. The monoisotopic (exact) mass is 281 g/mol. The molecule has 1 aliphatic heterocycles. The van der Waals surface area contributed by atoms with Gasteiger partial charge < -0.3 is 25.1 Å². The van der Waals surface area contributed by atoms with Gasteiger partial charge in [-0.1, -0.05) is 0 Å². The van der Waals surface area contributed by atoms with E-state index in [1.165, 1.54) is 12.1 Å². The molecule has 8 nitrogen and oxygen atoms in total. The topological polar surface area (TPSA) is 112 Å². The van der Waals surface area contributed by atoms with Crippen LogP contribution in [0.2, 0.25) is 0 Å². The SMILES string of the molecule is CN1CCC(NC(=O)NCc2ccc(C(=O)O)o2)C1=O. The van der Waals surface area contributed by atoms with Crippen LogP contribution < -0.4 is 10.6 Å². The van der Waals surface area contributed by atoms with Gasteiger partial charge in [-0.2, -0.15) is 0 Å². The molecule has 1 unspecified atom stereocenters. The minimum atomic E-state index is -1.17. The van der Waals surface area contributed by atoms with Gasteiger partial charge in [0.2, 0.25) is 11.7 Å². The first-order valence-electron chi connectivity index (χ1n) is 6.08. The van der Waals surface area contributed by atoms with Crippen LogP contribution in [0.25, 0.3) is 0 Å². The fourth-order valence-electron chi connectivity index (χ4n) is 1.92. The maximum atomic E-state index is 11.6. The minimum absolute atomic E-state index is 0.0515. The zero-order chi connectivity index (χ0) is 14.7. The molecule has 3 amide bonds. The highest BCUT2D eigenvalue weighted by Gasteiger charge is 2.30. The molecule has 0 aromatic carbocycles. The highest BCUT2D eigenvalue weighted by molar-refractivity contribution is 5.88. The summed E-state index contributed by atoms with van der Waals surface area (Å²) < 4.78 is 4.99. The Bertz CT molecular complexity index is 539. The Morgan fingerprint density at radius 1 is 1.50 bits per heavy atom. The first-order valence-corrected chi connectivity index (χ1v) is 6.08. The van der Waals surface area contributed by atoms with Crippen LogP contribution >= 0.6 is 0 Å². The highest BCUT2D eigenvalue weighted by atomic mass is 16.4. The maximum Gasteiger partial charge on any atom is 0.371 e. The fraction of sp³-hybridized carbons (Fsp3) is 0.417. The summed E-state index contributed by atoms with van der Waals surface area (Å²) in [5.41, 5.74) is 0. The average Bonchev–Trinajstić information content (AvgIpc) is 2.99. The number of urea groups is 1. The Morgan fingerprint density at radius 3 is 2.80 bits per heavy atom. The third-order valence-corrected chi connectivity index (χ3v) is 3.03. The predicted octanol–water partition coefficient (Wildman–Crippen LogP) is 0.00770. The van der Waals surface area contributed by atoms with Gasteiger partial charge in [0.05, 0.1) is 6.54 Å². The number of likely N-dealkylation sites (N-methyl/N-ethyl adjacent to an activating group) is 1. The second kappa shape index (κ2) is 5.64. The summed E-state index contributed by atoms with van der Waals surface area (Å²) in [6.07, 6.45) is 0.576. The van der Waals surface area contributed by atoms with Gasteiger partial charge in [0, 0.05) is 13.6 Å². The number of amides is 3. The van der Waals surface area contributed by atoms with E-state index in [1.54, 1.807) is 11.9 Å². The average molecular weight is 281 g/mol. The molecule has 0 saturated carbocycles. The number of nitrogens with zero attached hydrogens (tertiary/aromatic N) is 1. The standard InChI is InChI=1S/C12H15N3O5/c1-15-5-4-8(10(15)16)14-12(19)13-6-7-2-3-9(20-7)11(17)18/h2-3,8H,4-6H2,1H3,(H,17,18)(H2,13,14,19). The van der Waals surface area contributed by atoms with E-state index < -0.39 is 18.0 Å². The lowest BCUT2D eigenvalue weighted by atomic mass is 10.2. The van der Waals surface area contributed by atoms with Crippen molar-refractivity contribution < 1.29 is 23.9 Å². The molecule has 20 heavy (non-hydrogen) atoms. The van der Waals surface area contributed by atoms with Crippen LogP contribution in [0.3, 0.4) is 0 Å². The van der Waals surface area contributed by atoms with Crippen molar-refractivity contribution >= 4 is 17.9 Å². The second-order valence-corrected chi connectivity index (χ2v) is 4.50. The third-order valence-electron chi connectivity index (χ3n) is 3.03. The van der Waals surface area contributed by atoms with Gasteiger partial charge in [0.1, 0.15) is 11.8 Å². The summed E-state index contributed by atoms with van der Waals surface area (Å²) in [6, 6.07) is 1.78. The Labute approximate surface area is 114 Å². The summed E-state index contributed by atoms with van der Waals surface area (Å²) in [6.45, 7) is 0.666. The van der Waals surface area contributed by atoms with Gasteiger partial charge in [0.15, 0.2) is 0 Å². The van der Waals surface area contributed by atoms with Crippen molar-refractivity contribution in [1.82, 2.24) is 15.5 Å². The van der Waals surface area contributed by atoms with Crippen molar-refractivity contribution in [2.75, 3.05) is 13.6 Å². The van der Waals surface area contributed by atoms with E-state index >= 15 is 0 Å². The molecule has 1 atom stereocenters. The third kappa shape index (κ3) is 3.08. The minimum Gasteiger partial charge on any atom is -0.475 e. The van der Waals surface area contributed by atoms with Crippen LogP contribution in [-0.2, 0) is 11.3 Å². The van der Waals surface area contributed by atoms with E-state index in [9.17, 15) is 14.4 Å². The lowest BCUT2D eigenvalue weighted by Gasteiger charge is -2.12. The van der Waals surface area contributed by atoms with Gasteiger partial charge in [-0.05, 0) is 18.6 Å². The first-order chi connectivity index (χ1) is 9.47. The molecular weight excluding hydrogens is 266 g/mol. The van der Waals surface area contributed by atoms with Crippen LogP contribution in [0.4, 0.5) is 4.79 Å². The van der Waals surface area contributed by atoms with Crippen molar-refractivity contribution in [3.05, 3.63) is 23.7 Å². The van der Waals surface area contributed by atoms with Gasteiger partial charge >= 0.3 is 12.0 Å². The number of likely N-dealkylation sites (tertiary alicyclic amines) is 1. The van der Waals surface area contributed by atoms with Gasteiger partial charge in [-0.3, -0.25) is 4.79 Å². The number of carbonyl (C=O) groups excluding carboxylic acids is 2. The number of furan rings is 1. The molecule has 0 radical (unpaired) electrons. The van der Waals surface area contributed by atoms with Gasteiger partial charge in [-0.25, -0.2) is 9.59 Å². The molecular formula is C12H15N3O5. The number of rotatable bonds is 4. The van der Waals surface area contributed by atoms with E-state index in [1.807, 2.05) is 0 Å². The van der Waals surface area contributed by atoms with Crippen molar-refractivity contribution in [3.8, 4) is 0 Å². The molecule has 108 valence electrons. The molecule has 8 heteroatoms. The Kier molecular flexibility index (Phi) is 3.92.